The number of anilines is 1. The Morgan fingerprint density at radius 1 is 1.00 bits per heavy atom. The minimum Gasteiger partial charge on any atom is -0.351 e. The Kier molecular flexibility index (Phi) is 6.51. The molecule has 1 N–H and O–H groups in total. The molecular formula is C23H21N3O2S2. The van der Waals surface area contributed by atoms with Crippen LogP contribution in [-0.4, -0.2) is 29.9 Å². The summed E-state index contributed by atoms with van der Waals surface area (Å²) in [5.74, 6) is -0.199. The topological polar surface area (TPSA) is 62.3 Å². The summed E-state index contributed by atoms with van der Waals surface area (Å²) in [5.41, 5.74) is 2.68. The second kappa shape index (κ2) is 9.65. The Morgan fingerprint density at radius 2 is 1.80 bits per heavy atom. The highest BCUT2D eigenvalue weighted by Gasteiger charge is 2.20. The lowest BCUT2D eigenvalue weighted by atomic mass is 10.1. The molecule has 7 heteroatoms. The van der Waals surface area contributed by atoms with E-state index in [1.807, 2.05) is 47.8 Å². The van der Waals surface area contributed by atoms with Crippen LogP contribution in [0.2, 0.25) is 0 Å². The summed E-state index contributed by atoms with van der Waals surface area (Å²) in [7, 11) is 0. The molecule has 0 fully saturated rings. The molecule has 0 aliphatic carbocycles. The number of nitrogens with zero attached hydrogens (tertiary/aromatic N) is 2. The van der Waals surface area contributed by atoms with Crippen LogP contribution in [0.4, 0.5) is 5.13 Å². The van der Waals surface area contributed by atoms with E-state index in [4.69, 9.17) is 0 Å². The zero-order valence-corrected chi connectivity index (χ0v) is 17.9. The molecule has 0 saturated heterocycles. The Labute approximate surface area is 183 Å². The van der Waals surface area contributed by atoms with Crippen LogP contribution >= 0.6 is 22.7 Å². The maximum absolute atomic E-state index is 13.1. The minimum atomic E-state index is -0.153. The van der Waals surface area contributed by atoms with Crippen molar-refractivity contribution in [2.24, 2.45) is 0 Å². The fourth-order valence-electron chi connectivity index (χ4n) is 3.10. The van der Waals surface area contributed by atoms with Crippen molar-refractivity contribution in [1.82, 2.24) is 10.3 Å². The first kappa shape index (κ1) is 20.3. The van der Waals surface area contributed by atoms with Gasteiger partial charge in [0.15, 0.2) is 5.13 Å². The van der Waals surface area contributed by atoms with Gasteiger partial charge >= 0.3 is 0 Å². The Balaban J connectivity index is 1.45. The summed E-state index contributed by atoms with van der Waals surface area (Å²) in [6.07, 6.45) is 0.963. The van der Waals surface area contributed by atoms with Crippen LogP contribution in [0.25, 0.3) is 10.2 Å². The van der Waals surface area contributed by atoms with Crippen LogP contribution in [0.1, 0.15) is 22.3 Å². The molecular weight excluding hydrogens is 414 g/mol. The molecule has 30 heavy (non-hydrogen) atoms. The van der Waals surface area contributed by atoms with Crippen molar-refractivity contribution in [2.75, 3.05) is 18.0 Å². The zero-order chi connectivity index (χ0) is 20.8. The van der Waals surface area contributed by atoms with E-state index >= 15 is 0 Å². The van der Waals surface area contributed by atoms with Crippen molar-refractivity contribution in [3.8, 4) is 0 Å². The van der Waals surface area contributed by atoms with Gasteiger partial charge in [0.05, 0.1) is 10.2 Å². The normalized spacial score (nSPS) is 10.8. The average Bonchev–Trinajstić information content (AvgIpc) is 3.44. The summed E-state index contributed by atoms with van der Waals surface area (Å²) in [6, 6.07) is 19.8. The molecule has 4 rings (SSSR count). The highest BCUT2D eigenvalue weighted by molar-refractivity contribution is 7.22. The highest BCUT2D eigenvalue weighted by atomic mass is 32.1. The van der Waals surface area contributed by atoms with Crippen molar-refractivity contribution in [2.45, 2.75) is 12.8 Å². The van der Waals surface area contributed by atoms with Gasteiger partial charge in [-0.25, -0.2) is 4.98 Å². The van der Waals surface area contributed by atoms with Crippen LogP contribution in [0.3, 0.4) is 0 Å². The van der Waals surface area contributed by atoms with Gasteiger partial charge in [0.25, 0.3) is 5.91 Å². The maximum Gasteiger partial charge on any atom is 0.252 e. The van der Waals surface area contributed by atoms with Gasteiger partial charge in [-0.15, -0.1) is 0 Å². The number of hydrogen-bond acceptors (Lipinski definition) is 5. The van der Waals surface area contributed by atoms with Crippen molar-refractivity contribution in [3.63, 3.8) is 0 Å². The third kappa shape index (κ3) is 4.93. The number of thiophene rings is 1. The van der Waals surface area contributed by atoms with Gasteiger partial charge in [0, 0.05) is 30.5 Å². The molecule has 2 aromatic heterocycles. The molecule has 0 bridgehead atoms. The second-order valence-electron chi connectivity index (χ2n) is 6.76. The van der Waals surface area contributed by atoms with Crippen LogP contribution in [0.15, 0.2) is 71.4 Å². The molecule has 0 unspecified atom stereocenters. The molecule has 0 aliphatic rings. The molecule has 2 aromatic carbocycles. The molecule has 0 spiro atoms. The maximum atomic E-state index is 13.1. The van der Waals surface area contributed by atoms with Gasteiger partial charge in [0.2, 0.25) is 5.91 Å². The Morgan fingerprint density at radius 3 is 2.57 bits per heavy atom. The van der Waals surface area contributed by atoms with Crippen molar-refractivity contribution in [3.05, 3.63) is 82.6 Å². The number of carbonyl (C=O) groups excluding carboxylic acids is 2. The number of rotatable bonds is 8. The summed E-state index contributed by atoms with van der Waals surface area (Å²) in [6.45, 7) is 0.835. The third-order valence-electron chi connectivity index (χ3n) is 4.69. The Hall–Kier alpha value is -3.03. The van der Waals surface area contributed by atoms with E-state index in [0.29, 0.717) is 23.8 Å². The number of para-hydroxylation sites is 1. The van der Waals surface area contributed by atoms with E-state index in [-0.39, 0.29) is 18.2 Å². The second-order valence-corrected chi connectivity index (χ2v) is 8.55. The van der Waals surface area contributed by atoms with Crippen LogP contribution < -0.4 is 10.2 Å². The Bertz CT molecular complexity index is 1090. The molecule has 0 saturated carbocycles. The molecule has 4 aromatic rings. The monoisotopic (exact) mass is 435 g/mol. The lowest BCUT2D eigenvalue weighted by molar-refractivity contribution is -0.118. The van der Waals surface area contributed by atoms with E-state index < -0.39 is 0 Å². The van der Waals surface area contributed by atoms with E-state index in [2.05, 4.69) is 22.4 Å². The van der Waals surface area contributed by atoms with Crippen LogP contribution in [-0.2, 0) is 11.2 Å². The van der Waals surface area contributed by atoms with Gasteiger partial charge < -0.3 is 5.32 Å². The predicted molar refractivity (Wildman–Crippen MR) is 123 cm³/mol. The summed E-state index contributed by atoms with van der Waals surface area (Å²) in [4.78, 5) is 31.6. The summed E-state index contributed by atoms with van der Waals surface area (Å²) < 4.78 is 1.05. The number of aromatic nitrogens is 1. The SMILES string of the molecule is O=C(NCCC(=O)N(CCc1ccccc1)c1nc2ccccc2s1)c1ccsc1. The third-order valence-corrected chi connectivity index (χ3v) is 6.43. The number of fused-ring (bicyclic) bond motifs is 1. The smallest absolute Gasteiger partial charge is 0.252 e. The van der Waals surface area contributed by atoms with E-state index in [1.165, 1.54) is 28.2 Å². The average molecular weight is 436 g/mol. The molecule has 2 heterocycles. The predicted octanol–water partition coefficient (Wildman–Crippen LogP) is 4.75. The summed E-state index contributed by atoms with van der Waals surface area (Å²) in [5, 5.41) is 7.18. The van der Waals surface area contributed by atoms with E-state index in [9.17, 15) is 9.59 Å². The number of thiazole rings is 1. The lowest BCUT2D eigenvalue weighted by Crippen LogP contribution is -2.36. The fourth-order valence-corrected chi connectivity index (χ4v) is 4.75. The number of nitrogens with one attached hydrogen (secondary N) is 1. The summed E-state index contributed by atoms with van der Waals surface area (Å²) >= 11 is 2.99. The number of amides is 2. The van der Waals surface area contributed by atoms with Gasteiger partial charge in [-0.2, -0.15) is 11.3 Å². The zero-order valence-electron chi connectivity index (χ0n) is 16.3. The first-order valence-corrected chi connectivity index (χ1v) is 11.5. The molecule has 152 valence electrons. The number of carbonyl (C=O) groups is 2. The minimum absolute atomic E-state index is 0.0457. The van der Waals surface area contributed by atoms with E-state index in [1.54, 1.807) is 16.3 Å². The quantitative estimate of drug-likeness (QED) is 0.434. The fraction of sp³-hybridized carbons (Fsp3) is 0.174. The molecule has 2 amide bonds. The van der Waals surface area contributed by atoms with Crippen molar-refractivity contribution in [1.29, 1.82) is 0 Å². The van der Waals surface area contributed by atoms with Gasteiger partial charge in [-0.1, -0.05) is 53.8 Å². The molecule has 0 radical (unpaired) electrons. The molecule has 0 aliphatic heterocycles. The van der Waals surface area contributed by atoms with Gasteiger partial charge in [-0.3, -0.25) is 14.5 Å². The number of hydrogen-bond donors (Lipinski definition) is 1. The lowest BCUT2D eigenvalue weighted by Gasteiger charge is -2.20. The molecule has 0 atom stereocenters. The van der Waals surface area contributed by atoms with Gasteiger partial charge in [0.1, 0.15) is 0 Å². The largest absolute Gasteiger partial charge is 0.351 e. The number of benzene rings is 2. The first-order chi connectivity index (χ1) is 14.7. The first-order valence-electron chi connectivity index (χ1n) is 9.71. The van der Waals surface area contributed by atoms with Gasteiger partial charge in [-0.05, 0) is 35.6 Å². The standard InChI is InChI=1S/C23H21N3O2S2/c27-21(10-13-24-22(28)18-12-15-29-16-18)26(14-11-17-6-2-1-3-7-17)23-25-19-8-4-5-9-20(19)30-23/h1-9,12,15-16H,10-11,13-14H2,(H,24,28). The van der Waals surface area contributed by atoms with Crippen LogP contribution in [0.5, 0.6) is 0 Å². The highest BCUT2D eigenvalue weighted by Crippen LogP contribution is 2.29. The van der Waals surface area contributed by atoms with E-state index in [0.717, 1.165) is 16.6 Å². The van der Waals surface area contributed by atoms with Crippen molar-refractivity contribution < 1.29 is 9.59 Å². The van der Waals surface area contributed by atoms with Crippen molar-refractivity contribution >= 4 is 49.8 Å². The van der Waals surface area contributed by atoms with Crippen LogP contribution in [0, 0.1) is 0 Å². The molecule has 5 nitrogen and oxygen atoms in total.